The highest BCUT2D eigenvalue weighted by Crippen LogP contribution is 2.30. The molecule has 0 aliphatic carbocycles. The van der Waals surface area contributed by atoms with Crippen molar-refractivity contribution in [3.8, 4) is 0 Å². The fourth-order valence-electron chi connectivity index (χ4n) is 2.19. The van der Waals surface area contributed by atoms with Crippen LogP contribution in [0.25, 0.3) is 0 Å². The molecule has 0 amide bonds. The summed E-state index contributed by atoms with van der Waals surface area (Å²) >= 11 is 0. The van der Waals surface area contributed by atoms with Crippen molar-refractivity contribution in [1.29, 1.82) is 0 Å². The van der Waals surface area contributed by atoms with Gasteiger partial charge >= 0.3 is 0 Å². The van der Waals surface area contributed by atoms with Crippen molar-refractivity contribution in [2.75, 3.05) is 13.2 Å². The molecule has 4 nitrogen and oxygen atoms in total. The Hall–Kier alpha value is -0.910. The van der Waals surface area contributed by atoms with Gasteiger partial charge < -0.3 is 4.74 Å². The van der Waals surface area contributed by atoms with Gasteiger partial charge in [-0.05, 0) is 51.7 Å². The topological polar surface area (TPSA) is 52.6 Å². The monoisotopic (exact) mass is 298 g/mol. The van der Waals surface area contributed by atoms with Crippen LogP contribution in [0.2, 0.25) is 0 Å². The van der Waals surface area contributed by atoms with E-state index in [-0.39, 0.29) is 17.1 Å². The number of rotatable bonds is 7. The summed E-state index contributed by atoms with van der Waals surface area (Å²) < 4.78 is 34.4. The van der Waals surface area contributed by atoms with Gasteiger partial charge in [-0.2, -0.15) is 8.42 Å². The second kappa shape index (κ2) is 6.24. The summed E-state index contributed by atoms with van der Waals surface area (Å²) in [5, 5.41) is 0. The van der Waals surface area contributed by atoms with Gasteiger partial charge in [0.25, 0.3) is 10.1 Å². The van der Waals surface area contributed by atoms with Gasteiger partial charge in [0, 0.05) is 0 Å². The van der Waals surface area contributed by atoms with Crippen molar-refractivity contribution < 1.29 is 17.3 Å². The lowest BCUT2D eigenvalue weighted by Crippen LogP contribution is -2.40. The molecular weight excluding hydrogens is 276 g/mol. The molecule has 5 heteroatoms. The van der Waals surface area contributed by atoms with E-state index in [1.54, 1.807) is 24.3 Å². The van der Waals surface area contributed by atoms with E-state index in [9.17, 15) is 8.42 Å². The van der Waals surface area contributed by atoms with Gasteiger partial charge in [-0.3, -0.25) is 4.18 Å². The largest absolute Gasteiger partial charge is 0.375 e. The third kappa shape index (κ3) is 4.04. The van der Waals surface area contributed by atoms with Crippen LogP contribution in [-0.2, 0) is 19.0 Å². The lowest BCUT2D eigenvalue weighted by molar-refractivity contribution is -0.139. The summed E-state index contributed by atoms with van der Waals surface area (Å²) in [7, 11) is -3.62. The third-order valence-corrected chi connectivity index (χ3v) is 5.06. The molecule has 0 spiro atoms. The molecular formula is C15H22O4S. The predicted octanol–water partition coefficient (Wildman–Crippen LogP) is 3.05. The molecule has 1 heterocycles. The minimum Gasteiger partial charge on any atom is -0.375 e. The fourth-order valence-corrected chi connectivity index (χ4v) is 3.13. The first kappa shape index (κ1) is 15.5. The standard InChI is InChI=1S/C15H22O4S/c1-13-5-7-14(8-6-13)20(16,17)19-11-4-3-9-15(2)10-12-18-15/h5-8H,3-4,9-12H2,1-2H3. The molecule has 1 aliphatic rings. The minimum atomic E-state index is -3.62. The van der Waals surface area contributed by atoms with E-state index in [1.165, 1.54) is 0 Å². The fraction of sp³-hybridized carbons (Fsp3) is 0.600. The van der Waals surface area contributed by atoms with Crippen LogP contribution in [0.5, 0.6) is 0 Å². The van der Waals surface area contributed by atoms with E-state index >= 15 is 0 Å². The maximum absolute atomic E-state index is 11.9. The van der Waals surface area contributed by atoms with Crippen LogP contribution in [-0.4, -0.2) is 27.2 Å². The van der Waals surface area contributed by atoms with E-state index in [4.69, 9.17) is 8.92 Å². The molecule has 1 fully saturated rings. The number of benzene rings is 1. The Morgan fingerprint density at radius 1 is 1.25 bits per heavy atom. The third-order valence-electron chi connectivity index (χ3n) is 3.73. The van der Waals surface area contributed by atoms with Crippen molar-refractivity contribution >= 4 is 10.1 Å². The Balaban J connectivity index is 1.74. The highest BCUT2D eigenvalue weighted by Gasteiger charge is 2.32. The van der Waals surface area contributed by atoms with Gasteiger partial charge in [-0.15, -0.1) is 0 Å². The van der Waals surface area contributed by atoms with E-state index in [0.717, 1.165) is 37.9 Å². The SMILES string of the molecule is Cc1ccc(S(=O)(=O)OCCCCC2(C)CCO2)cc1. The summed E-state index contributed by atoms with van der Waals surface area (Å²) in [5.74, 6) is 0. The zero-order valence-electron chi connectivity index (χ0n) is 12.1. The summed E-state index contributed by atoms with van der Waals surface area (Å²) in [6.45, 7) is 5.09. The molecule has 0 N–H and O–H groups in total. The predicted molar refractivity (Wildman–Crippen MR) is 77.1 cm³/mol. The van der Waals surface area contributed by atoms with Crippen LogP contribution >= 0.6 is 0 Å². The van der Waals surface area contributed by atoms with Gasteiger partial charge in [-0.25, -0.2) is 0 Å². The van der Waals surface area contributed by atoms with Gasteiger partial charge in [0.15, 0.2) is 0 Å². The van der Waals surface area contributed by atoms with Crippen LogP contribution in [0, 0.1) is 6.92 Å². The molecule has 1 aliphatic heterocycles. The molecule has 1 unspecified atom stereocenters. The smallest absolute Gasteiger partial charge is 0.296 e. The van der Waals surface area contributed by atoms with Crippen LogP contribution in [0.1, 0.15) is 38.2 Å². The molecule has 112 valence electrons. The highest BCUT2D eigenvalue weighted by atomic mass is 32.2. The lowest BCUT2D eigenvalue weighted by atomic mass is 9.91. The quantitative estimate of drug-likeness (QED) is 0.573. The second-order valence-corrected chi connectivity index (χ2v) is 7.21. The number of hydrogen-bond acceptors (Lipinski definition) is 4. The Labute approximate surface area is 121 Å². The Morgan fingerprint density at radius 3 is 2.45 bits per heavy atom. The summed E-state index contributed by atoms with van der Waals surface area (Å²) in [4.78, 5) is 0.220. The van der Waals surface area contributed by atoms with Crippen molar-refractivity contribution in [3.05, 3.63) is 29.8 Å². The molecule has 1 aromatic rings. The Morgan fingerprint density at radius 2 is 1.90 bits per heavy atom. The van der Waals surface area contributed by atoms with Crippen LogP contribution in [0.3, 0.4) is 0 Å². The van der Waals surface area contributed by atoms with Gasteiger partial charge in [0.05, 0.1) is 23.7 Å². The van der Waals surface area contributed by atoms with Crippen molar-refractivity contribution in [1.82, 2.24) is 0 Å². The molecule has 0 bridgehead atoms. The first-order valence-electron chi connectivity index (χ1n) is 7.01. The molecule has 0 aromatic heterocycles. The maximum atomic E-state index is 11.9. The molecule has 1 saturated heterocycles. The highest BCUT2D eigenvalue weighted by molar-refractivity contribution is 7.86. The van der Waals surface area contributed by atoms with Crippen molar-refractivity contribution in [2.45, 2.75) is 50.0 Å². The first-order chi connectivity index (χ1) is 9.41. The zero-order valence-corrected chi connectivity index (χ0v) is 12.9. The average molecular weight is 298 g/mol. The summed E-state index contributed by atoms with van der Waals surface area (Å²) in [6, 6.07) is 6.69. The zero-order chi connectivity index (χ0) is 14.6. The van der Waals surface area contributed by atoms with Gasteiger partial charge in [0.2, 0.25) is 0 Å². The Kier molecular flexibility index (Phi) is 4.83. The second-order valence-electron chi connectivity index (χ2n) is 5.59. The normalized spacial score (nSPS) is 22.5. The summed E-state index contributed by atoms with van der Waals surface area (Å²) in [6.07, 6.45) is 3.69. The number of aryl methyl sites for hydroxylation is 1. The van der Waals surface area contributed by atoms with E-state index in [2.05, 4.69) is 6.92 Å². The van der Waals surface area contributed by atoms with Crippen molar-refractivity contribution in [2.24, 2.45) is 0 Å². The average Bonchev–Trinajstić information content (AvgIpc) is 2.36. The first-order valence-corrected chi connectivity index (χ1v) is 8.42. The number of unbranched alkanes of at least 4 members (excludes halogenated alkanes) is 1. The molecule has 20 heavy (non-hydrogen) atoms. The van der Waals surface area contributed by atoms with Gasteiger partial charge in [0.1, 0.15) is 0 Å². The van der Waals surface area contributed by atoms with Crippen molar-refractivity contribution in [3.63, 3.8) is 0 Å². The molecule has 2 rings (SSSR count). The lowest BCUT2D eigenvalue weighted by Gasteiger charge is -2.38. The van der Waals surface area contributed by atoms with E-state index in [1.807, 2.05) is 6.92 Å². The van der Waals surface area contributed by atoms with Crippen LogP contribution in [0.4, 0.5) is 0 Å². The van der Waals surface area contributed by atoms with Gasteiger partial charge in [-0.1, -0.05) is 17.7 Å². The molecule has 0 radical (unpaired) electrons. The Bertz CT molecular complexity index is 529. The van der Waals surface area contributed by atoms with Crippen LogP contribution in [0.15, 0.2) is 29.2 Å². The molecule has 1 atom stereocenters. The van der Waals surface area contributed by atoms with E-state index < -0.39 is 10.1 Å². The van der Waals surface area contributed by atoms with Crippen LogP contribution < -0.4 is 0 Å². The molecule has 0 saturated carbocycles. The maximum Gasteiger partial charge on any atom is 0.296 e. The molecule has 1 aromatic carbocycles. The minimum absolute atomic E-state index is 0.00975. The summed E-state index contributed by atoms with van der Waals surface area (Å²) in [5.41, 5.74) is 1.04. The van der Waals surface area contributed by atoms with E-state index in [0.29, 0.717) is 0 Å². The number of ether oxygens (including phenoxy) is 1. The number of hydrogen-bond donors (Lipinski definition) is 0.